The highest BCUT2D eigenvalue weighted by Crippen LogP contribution is 2.25. The minimum Gasteiger partial charge on any atom is -0.493 e. The fourth-order valence-corrected chi connectivity index (χ4v) is 3.30. The maximum atomic E-state index is 13.0. The van der Waals surface area contributed by atoms with Crippen LogP contribution in [0.5, 0.6) is 5.75 Å². The van der Waals surface area contributed by atoms with E-state index in [0.29, 0.717) is 50.1 Å². The number of unbranched alkanes of at least 4 members (excludes halogenated alkanes) is 1. The van der Waals surface area contributed by atoms with Crippen LogP contribution in [0, 0.1) is 0 Å². The second-order valence-corrected chi connectivity index (χ2v) is 6.63. The maximum absolute atomic E-state index is 13.0. The summed E-state index contributed by atoms with van der Waals surface area (Å²) in [6, 6.07) is 5.38. The number of carbonyl (C=O) groups excluding carboxylic acids is 2. The Morgan fingerprint density at radius 3 is 2.70 bits per heavy atom. The van der Waals surface area contributed by atoms with Crippen molar-refractivity contribution >= 4 is 17.8 Å². The molecular weight excluding hydrogens is 348 g/mol. The lowest BCUT2D eigenvalue weighted by Gasteiger charge is -2.26. The molecule has 148 valence electrons. The maximum Gasteiger partial charge on any atom is 0.326 e. The van der Waals surface area contributed by atoms with E-state index in [-0.39, 0.29) is 5.91 Å². The number of para-hydroxylation sites is 1. The molecule has 2 rings (SSSR count). The summed E-state index contributed by atoms with van der Waals surface area (Å²) >= 11 is 0. The van der Waals surface area contributed by atoms with Gasteiger partial charge in [-0.25, -0.2) is 4.79 Å². The predicted molar refractivity (Wildman–Crippen MR) is 101 cm³/mol. The number of ether oxygens (including phenoxy) is 1. The Kier molecular flexibility index (Phi) is 7.64. The monoisotopic (exact) mass is 376 g/mol. The van der Waals surface area contributed by atoms with Crippen molar-refractivity contribution in [3.8, 4) is 5.75 Å². The van der Waals surface area contributed by atoms with Crippen LogP contribution in [0.2, 0.25) is 0 Å². The number of carbonyl (C=O) groups is 3. The van der Waals surface area contributed by atoms with Crippen LogP contribution in [0.25, 0.3) is 0 Å². The summed E-state index contributed by atoms with van der Waals surface area (Å²) in [5, 5.41) is 11.9. The Labute approximate surface area is 159 Å². The van der Waals surface area contributed by atoms with Crippen LogP contribution in [-0.2, 0) is 9.59 Å². The Hall–Kier alpha value is -2.57. The molecule has 7 nitrogen and oxygen atoms in total. The molecule has 7 heteroatoms. The average molecular weight is 376 g/mol. The molecule has 0 spiro atoms. The molecule has 2 unspecified atom stereocenters. The lowest BCUT2D eigenvalue weighted by Crippen LogP contribution is -2.50. The van der Waals surface area contributed by atoms with Gasteiger partial charge in [0.25, 0.3) is 5.91 Å². The zero-order valence-corrected chi connectivity index (χ0v) is 15.9. The first kappa shape index (κ1) is 20.7. The standard InChI is InChI=1S/C20H28N2O5/c1-3-5-10-15(20(25)26)21-18(23)16-11-8-13-22(16)19(24)14-9-6-7-12-17(14)27-4-2/h6-7,9,12,15-16H,3-5,8,10-11,13H2,1-2H3,(H,21,23)(H,25,26). The summed E-state index contributed by atoms with van der Waals surface area (Å²) < 4.78 is 5.53. The van der Waals surface area contributed by atoms with Crippen LogP contribution >= 0.6 is 0 Å². The van der Waals surface area contributed by atoms with Crippen LogP contribution < -0.4 is 10.1 Å². The number of carboxylic acids is 1. The third-order valence-electron chi connectivity index (χ3n) is 4.69. The molecule has 2 atom stereocenters. The highest BCUT2D eigenvalue weighted by molar-refractivity contribution is 6.00. The smallest absolute Gasteiger partial charge is 0.326 e. The lowest BCUT2D eigenvalue weighted by atomic mass is 10.1. The van der Waals surface area contributed by atoms with Gasteiger partial charge in [0.05, 0.1) is 12.2 Å². The molecule has 0 radical (unpaired) electrons. The number of aliphatic carboxylic acids is 1. The summed E-state index contributed by atoms with van der Waals surface area (Å²) in [4.78, 5) is 38.6. The van der Waals surface area contributed by atoms with E-state index in [9.17, 15) is 19.5 Å². The lowest BCUT2D eigenvalue weighted by molar-refractivity contribution is -0.142. The highest BCUT2D eigenvalue weighted by atomic mass is 16.5. The van der Waals surface area contributed by atoms with Crippen LogP contribution in [0.1, 0.15) is 56.3 Å². The second-order valence-electron chi connectivity index (χ2n) is 6.63. The highest BCUT2D eigenvalue weighted by Gasteiger charge is 2.36. The summed E-state index contributed by atoms with van der Waals surface area (Å²) in [6.07, 6.45) is 3.17. The van der Waals surface area contributed by atoms with Gasteiger partial charge in [-0.05, 0) is 38.3 Å². The van der Waals surface area contributed by atoms with Crippen molar-refractivity contribution in [3.63, 3.8) is 0 Å². The van der Waals surface area contributed by atoms with Crippen LogP contribution in [-0.4, -0.2) is 53.0 Å². The molecule has 1 aromatic carbocycles. The van der Waals surface area contributed by atoms with Crippen LogP contribution in [0.3, 0.4) is 0 Å². The largest absolute Gasteiger partial charge is 0.493 e. The number of likely N-dealkylation sites (tertiary alicyclic amines) is 1. The van der Waals surface area contributed by atoms with Gasteiger partial charge in [-0.3, -0.25) is 9.59 Å². The number of hydrogen-bond acceptors (Lipinski definition) is 4. The van der Waals surface area contributed by atoms with E-state index in [4.69, 9.17) is 4.74 Å². The van der Waals surface area contributed by atoms with Gasteiger partial charge in [-0.1, -0.05) is 31.9 Å². The number of carboxylic acid groups (broad SMARTS) is 1. The zero-order valence-electron chi connectivity index (χ0n) is 15.9. The zero-order chi connectivity index (χ0) is 19.8. The first-order valence-corrected chi connectivity index (χ1v) is 9.55. The molecule has 1 saturated heterocycles. The summed E-state index contributed by atoms with van der Waals surface area (Å²) in [6.45, 7) is 4.71. The number of hydrogen-bond donors (Lipinski definition) is 2. The van der Waals surface area contributed by atoms with E-state index in [2.05, 4.69) is 5.32 Å². The Bertz CT molecular complexity index is 676. The molecule has 0 aliphatic carbocycles. The van der Waals surface area contributed by atoms with E-state index < -0.39 is 24.0 Å². The molecule has 27 heavy (non-hydrogen) atoms. The van der Waals surface area contributed by atoms with Crippen molar-refractivity contribution < 1.29 is 24.2 Å². The van der Waals surface area contributed by atoms with Gasteiger partial charge in [0.2, 0.25) is 5.91 Å². The van der Waals surface area contributed by atoms with Crippen LogP contribution in [0.15, 0.2) is 24.3 Å². The number of rotatable bonds is 9. The number of benzene rings is 1. The van der Waals surface area contributed by atoms with Gasteiger partial charge in [0.1, 0.15) is 17.8 Å². The fraction of sp³-hybridized carbons (Fsp3) is 0.550. The third-order valence-corrected chi connectivity index (χ3v) is 4.69. The van der Waals surface area contributed by atoms with Crippen molar-refractivity contribution in [2.75, 3.05) is 13.2 Å². The molecular formula is C20H28N2O5. The molecule has 1 aromatic rings. The summed E-state index contributed by atoms with van der Waals surface area (Å²) in [5.74, 6) is -1.23. The molecule has 1 heterocycles. The van der Waals surface area contributed by atoms with E-state index in [1.807, 2.05) is 13.8 Å². The van der Waals surface area contributed by atoms with E-state index in [0.717, 1.165) is 6.42 Å². The molecule has 2 amide bonds. The minimum absolute atomic E-state index is 0.267. The topological polar surface area (TPSA) is 95.9 Å². The Morgan fingerprint density at radius 2 is 2.04 bits per heavy atom. The van der Waals surface area contributed by atoms with E-state index in [1.54, 1.807) is 24.3 Å². The molecule has 0 aromatic heterocycles. The molecule has 0 saturated carbocycles. The molecule has 0 bridgehead atoms. The second kappa shape index (κ2) is 9.94. The van der Waals surface area contributed by atoms with Gasteiger partial charge in [-0.15, -0.1) is 0 Å². The first-order chi connectivity index (χ1) is 13.0. The van der Waals surface area contributed by atoms with Crippen LogP contribution in [0.4, 0.5) is 0 Å². The van der Waals surface area contributed by atoms with E-state index >= 15 is 0 Å². The Morgan fingerprint density at radius 1 is 1.30 bits per heavy atom. The van der Waals surface area contributed by atoms with Gasteiger partial charge < -0.3 is 20.1 Å². The molecule has 2 N–H and O–H groups in total. The molecule has 1 aliphatic heterocycles. The Balaban J connectivity index is 2.13. The number of nitrogens with one attached hydrogen (secondary N) is 1. The summed E-state index contributed by atoms with van der Waals surface area (Å²) in [7, 11) is 0. The van der Waals surface area contributed by atoms with Crippen molar-refractivity contribution in [1.82, 2.24) is 10.2 Å². The molecule has 1 aliphatic rings. The fourth-order valence-electron chi connectivity index (χ4n) is 3.30. The van der Waals surface area contributed by atoms with Crippen molar-refractivity contribution in [1.29, 1.82) is 0 Å². The van der Waals surface area contributed by atoms with Gasteiger partial charge in [0.15, 0.2) is 0 Å². The average Bonchev–Trinajstić information content (AvgIpc) is 3.15. The van der Waals surface area contributed by atoms with Gasteiger partial charge >= 0.3 is 5.97 Å². The van der Waals surface area contributed by atoms with Crippen molar-refractivity contribution in [2.45, 2.75) is 58.0 Å². The number of nitrogens with zero attached hydrogens (tertiary/aromatic N) is 1. The normalized spacial score (nSPS) is 17.4. The molecule has 1 fully saturated rings. The quantitative estimate of drug-likeness (QED) is 0.690. The number of amides is 2. The van der Waals surface area contributed by atoms with E-state index in [1.165, 1.54) is 4.90 Å². The SMILES string of the molecule is CCCCC(NC(=O)C1CCCN1C(=O)c1ccccc1OCC)C(=O)O. The van der Waals surface area contributed by atoms with Gasteiger partial charge in [0, 0.05) is 6.54 Å². The van der Waals surface area contributed by atoms with Crippen molar-refractivity contribution in [2.24, 2.45) is 0 Å². The van der Waals surface area contributed by atoms with Crippen molar-refractivity contribution in [3.05, 3.63) is 29.8 Å². The first-order valence-electron chi connectivity index (χ1n) is 9.55. The van der Waals surface area contributed by atoms with Gasteiger partial charge in [-0.2, -0.15) is 0 Å². The predicted octanol–water partition coefficient (Wildman–Crippen LogP) is 2.45. The summed E-state index contributed by atoms with van der Waals surface area (Å²) in [5.41, 5.74) is 0.416. The minimum atomic E-state index is -1.05. The third kappa shape index (κ3) is 5.21.